The molecule has 1 N–H and O–H groups in total. The molecule has 14 heavy (non-hydrogen) atoms. The normalized spacial score (nSPS) is 12.1. The molecule has 0 amide bonds. The van der Waals surface area contributed by atoms with Crippen molar-refractivity contribution in [3.63, 3.8) is 0 Å². The Hall–Kier alpha value is -1.36. The van der Waals surface area contributed by atoms with E-state index in [1.807, 2.05) is 12.1 Å². The maximum absolute atomic E-state index is 11.0. The lowest BCUT2D eigenvalue weighted by atomic mass is 10.4. The van der Waals surface area contributed by atoms with Crippen molar-refractivity contribution in [2.24, 2.45) is 0 Å². The third-order valence-corrected chi connectivity index (χ3v) is 2.70. The molecule has 2 heterocycles. The zero-order chi connectivity index (χ0) is 10.2. The van der Waals surface area contributed by atoms with Crippen molar-refractivity contribution < 1.29 is 8.42 Å². The fourth-order valence-corrected chi connectivity index (χ4v) is 2.09. The van der Waals surface area contributed by atoms with Crippen molar-refractivity contribution >= 4 is 20.9 Å². The van der Waals surface area contributed by atoms with Gasteiger partial charge >= 0.3 is 0 Å². The van der Waals surface area contributed by atoms with Crippen LogP contribution in [-0.4, -0.2) is 24.6 Å². The van der Waals surface area contributed by atoms with Gasteiger partial charge in [0.05, 0.1) is 16.8 Å². The summed E-state index contributed by atoms with van der Waals surface area (Å²) >= 11 is 0. The standard InChI is InChI=1S/C9H10N2O2S/c1-14(12,13)6-7-5-9-8(11-7)3-2-4-10-9/h2-5,11H,6H2,1H3. The SMILES string of the molecule is CS(=O)(=O)Cc1cc2ncccc2[nH]1. The van der Waals surface area contributed by atoms with Gasteiger partial charge < -0.3 is 4.98 Å². The average molecular weight is 210 g/mol. The summed E-state index contributed by atoms with van der Waals surface area (Å²) in [6.45, 7) is 0. The van der Waals surface area contributed by atoms with E-state index in [0.717, 1.165) is 11.0 Å². The Morgan fingerprint density at radius 2 is 2.29 bits per heavy atom. The molecule has 2 aromatic heterocycles. The lowest BCUT2D eigenvalue weighted by Crippen LogP contribution is -2.00. The highest BCUT2D eigenvalue weighted by Crippen LogP contribution is 2.13. The first-order valence-electron chi connectivity index (χ1n) is 4.15. The van der Waals surface area contributed by atoms with Crippen LogP contribution in [0.1, 0.15) is 5.69 Å². The van der Waals surface area contributed by atoms with Crippen LogP contribution in [0.15, 0.2) is 24.4 Å². The molecule has 0 bridgehead atoms. The Morgan fingerprint density at radius 1 is 1.50 bits per heavy atom. The number of aromatic nitrogens is 2. The Kier molecular flexibility index (Phi) is 2.03. The fraction of sp³-hybridized carbons (Fsp3) is 0.222. The first-order valence-corrected chi connectivity index (χ1v) is 6.21. The van der Waals surface area contributed by atoms with Crippen LogP contribution in [0.2, 0.25) is 0 Å². The molecule has 0 aliphatic carbocycles. The van der Waals surface area contributed by atoms with E-state index in [0.29, 0.717) is 5.69 Å². The lowest BCUT2D eigenvalue weighted by molar-refractivity contribution is 0.600. The van der Waals surface area contributed by atoms with Crippen LogP contribution in [0.3, 0.4) is 0 Å². The van der Waals surface area contributed by atoms with Gasteiger partial charge in [0.2, 0.25) is 0 Å². The predicted molar refractivity (Wildman–Crippen MR) is 54.6 cm³/mol. The van der Waals surface area contributed by atoms with E-state index in [1.165, 1.54) is 6.26 Å². The van der Waals surface area contributed by atoms with E-state index in [9.17, 15) is 8.42 Å². The van der Waals surface area contributed by atoms with Crippen LogP contribution >= 0.6 is 0 Å². The Balaban J connectivity index is 2.46. The number of pyridine rings is 1. The highest BCUT2D eigenvalue weighted by molar-refractivity contribution is 7.89. The highest BCUT2D eigenvalue weighted by atomic mass is 32.2. The summed E-state index contributed by atoms with van der Waals surface area (Å²) in [7, 11) is -2.98. The van der Waals surface area contributed by atoms with Crippen molar-refractivity contribution in [3.05, 3.63) is 30.1 Å². The molecule has 0 radical (unpaired) electrons. The molecule has 2 rings (SSSR count). The van der Waals surface area contributed by atoms with Gasteiger partial charge in [-0.25, -0.2) is 8.42 Å². The van der Waals surface area contributed by atoms with Gasteiger partial charge in [-0.2, -0.15) is 0 Å². The van der Waals surface area contributed by atoms with E-state index in [4.69, 9.17) is 0 Å². The number of hydrogen-bond acceptors (Lipinski definition) is 3. The molecule has 5 heteroatoms. The van der Waals surface area contributed by atoms with Crippen LogP contribution < -0.4 is 0 Å². The highest BCUT2D eigenvalue weighted by Gasteiger charge is 2.07. The third-order valence-electron chi connectivity index (χ3n) is 1.86. The van der Waals surface area contributed by atoms with Crippen LogP contribution in [0.25, 0.3) is 11.0 Å². The Morgan fingerprint density at radius 3 is 2.93 bits per heavy atom. The van der Waals surface area contributed by atoms with Gasteiger partial charge in [0.15, 0.2) is 9.84 Å². The van der Waals surface area contributed by atoms with Gasteiger partial charge in [0.1, 0.15) is 0 Å². The molecule has 0 atom stereocenters. The molecule has 0 unspecified atom stereocenters. The second-order valence-corrected chi connectivity index (χ2v) is 5.44. The molecule has 74 valence electrons. The predicted octanol–water partition coefficient (Wildman–Crippen LogP) is 1.11. The van der Waals surface area contributed by atoms with Crippen LogP contribution in [0.4, 0.5) is 0 Å². The minimum atomic E-state index is -2.98. The first kappa shape index (κ1) is 9.21. The lowest BCUT2D eigenvalue weighted by Gasteiger charge is -1.92. The summed E-state index contributed by atoms with van der Waals surface area (Å²) in [6, 6.07) is 5.44. The average Bonchev–Trinajstić information content (AvgIpc) is 2.42. The number of sulfone groups is 1. The number of H-pyrrole nitrogens is 1. The number of rotatable bonds is 2. The maximum Gasteiger partial charge on any atom is 0.153 e. The topological polar surface area (TPSA) is 62.8 Å². The summed E-state index contributed by atoms with van der Waals surface area (Å²) in [4.78, 5) is 7.12. The largest absolute Gasteiger partial charge is 0.356 e. The number of aromatic amines is 1. The smallest absolute Gasteiger partial charge is 0.153 e. The van der Waals surface area contributed by atoms with Crippen molar-refractivity contribution in [3.8, 4) is 0 Å². The molecule has 0 saturated heterocycles. The fourth-order valence-electron chi connectivity index (χ4n) is 1.37. The first-order chi connectivity index (χ1) is 6.54. The number of fused-ring (bicyclic) bond motifs is 1. The van der Waals surface area contributed by atoms with E-state index < -0.39 is 9.84 Å². The summed E-state index contributed by atoms with van der Waals surface area (Å²) < 4.78 is 22.1. The Bertz CT molecular complexity index is 524. The molecule has 0 spiro atoms. The summed E-state index contributed by atoms with van der Waals surface area (Å²) in [5.74, 6) is 0.0311. The molecule has 0 aliphatic rings. The van der Waals surface area contributed by atoms with Crippen molar-refractivity contribution in [2.45, 2.75) is 5.75 Å². The zero-order valence-corrected chi connectivity index (χ0v) is 8.50. The second kappa shape index (κ2) is 3.09. The minimum absolute atomic E-state index is 0.0311. The van der Waals surface area contributed by atoms with Gasteiger partial charge in [-0.05, 0) is 18.2 Å². The van der Waals surface area contributed by atoms with Crippen molar-refractivity contribution in [2.75, 3.05) is 6.26 Å². The summed E-state index contributed by atoms with van der Waals surface area (Å²) in [6.07, 6.45) is 2.90. The van der Waals surface area contributed by atoms with Crippen LogP contribution in [0.5, 0.6) is 0 Å². The van der Waals surface area contributed by atoms with Gasteiger partial charge in [-0.1, -0.05) is 0 Å². The molecule has 0 aliphatic heterocycles. The van der Waals surface area contributed by atoms with Gasteiger partial charge in [-0.3, -0.25) is 4.98 Å². The van der Waals surface area contributed by atoms with E-state index in [2.05, 4.69) is 9.97 Å². The van der Waals surface area contributed by atoms with Crippen molar-refractivity contribution in [1.82, 2.24) is 9.97 Å². The van der Waals surface area contributed by atoms with E-state index >= 15 is 0 Å². The second-order valence-electron chi connectivity index (χ2n) is 3.30. The number of nitrogens with one attached hydrogen (secondary N) is 1. The quantitative estimate of drug-likeness (QED) is 0.807. The molecule has 2 aromatic rings. The molecule has 0 aromatic carbocycles. The van der Waals surface area contributed by atoms with Gasteiger partial charge in [-0.15, -0.1) is 0 Å². The van der Waals surface area contributed by atoms with Crippen LogP contribution in [0, 0.1) is 0 Å². The summed E-state index contributed by atoms with van der Waals surface area (Å²) in [5.41, 5.74) is 2.35. The molecular weight excluding hydrogens is 200 g/mol. The van der Waals surface area contributed by atoms with Crippen LogP contribution in [-0.2, 0) is 15.6 Å². The van der Waals surface area contributed by atoms with E-state index in [-0.39, 0.29) is 5.75 Å². The molecule has 0 fully saturated rings. The monoisotopic (exact) mass is 210 g/mol. The number of nitrogens with zero attached hydrogens (tertiary/aromatic N) is 1. The summed E-state index contributed by atoms with van der Waals surface area (Å²) in [5, 5.41) is 0. The number of hydrogen-bond donors (Lipinski definition) is 1. The van der Waals surface area contributed by atoms with Crippen molar-refractivity contribution in [1.29, 1.82) is 0 Å². The third kappa shape index (κ3) is 1.93. The van der Waals surface area contributed by atoms with E-state index in [1.54, 1.807) is 12.3 Å². The molecule has 4 nitrogen and oxygen atoms in total. The molecule has 0 saturated carbocycles. The molecular formula is C9H10N2O2S. The van der Waals surface area contributed by atoms with Gasteiger partial charge in [0, 0.05) is 18.1 Å². The minimum Gasteiger partial charge on any atom is -0.356 e. The van der Waals surface area contributed by atoms with Gasteiger partial charge in [0.25, 0.3) is 0 Å². The Labute approximate surface area is 81.9 Å². The maximum atomic E-state index is 11.0. The zero-order valence-electron chi connectivity index (χ0n) is 7.69.